The maximum atomic E-state index is 14.3. The van der Waals surface area contributed by atoms with Gasteiger partial charge in [-0.25, -0.2) is 9.69 Å². The van der Waals surface area contributed by atoms with Gasteiger partial charge in [-0.3, -0.25) is 14.9 Å². The Morgan fingerprint density at radius 2 is 1.65 bits per heavy atom. The van der Waals surface area contributed by atoms with Crippen LogP contribution in [0.2, 0.25) is 0 Å². The van der Waals surface area contributed by atoms with Gasteiger partial charge in [0.15, 0.2) is 17.0 Å². The molecule has 2 fully saturated rings. The number of nitrogens with one attached hydrogen (secondary N) is 1. The highest BCUT2D eigenvalue weighted by Crippen LogP contribution is 2.55. The average Bonchev–Trinajstić information content (AvgIpc) is 3.50. The van der Waals surface area contributed by atoms with Crippen LogP contribution in [0.4, 0.5) is 5.69 Å². The van der Waals surface area contributed by atoms with Crippen molar-refractivity contribution in [3.05, 3.63) is 77.9 Å². The maximum absolute atomic E-state index is 14.3. The average molecular weight is 545 g/mol. The lowest BCUT2D eigenvalue weighted by Crippen LogP contribution is -2.53. The largest absolute Gasteiger partial charge is 0.497 e. The molecule has 0 saturated carbocycles. The zero-order valence-electron chi connectivity index (χ0n) is 22.2. The molecule has 1 N–H and O–H groups in total. The molecule has 0 spiro atoms. The van der Waals surface area contributed by atoms with E-state index < -0.39 is 41.2 Å². The topological polar surface area (TPSA) is 113 Å². The van der Waals surface area contributed by atoms with Crippen molar-refractivity contribution in [3.8, 4) is 23.0 Å². The lowest BCUT2D eigenvalue weighted by atomic mass is 9.75. The number of rotatable bonds is 6. The molecular weight excluding hydrogens is 516 g/mol. The molecule has 40 heavy (non-hydrogen) atoms. The first-order valence-electron chi connectivity index (χ1n) is 12.9. The number of imide groups is 1. The van der Waals surface area contributed by atoms with Crippen molar-refractivity contribution in [2.75, 3.05) is 39.4 Å². The quantitative estimate of drug-likeness (QED) is 0.370. The molecule has 0 aliphatic carbocycles. The molecule has 3 aliphatic rings. The van der Waals surface area contributed by atoms with E-state index in [-0.39, 0.29) is 0 Å². The summed E-state index contributed by atoms with van der Waals surface area (Å²) in [5.74, 6) is -1.74. The van der Waals surface area contributed by atoms with E-state index in [1.807, 2.05) is 6.07 Å². The van der Waals surface area contributed by atoms with E-state index in [0.29, 0.717) is 53.0 Å². The van der Waals surface area contributed by atoms with Gasteiger partial charge in [-0.05, 0) is 23.8 Å². The highest BCUT2D eigenvalue weighted by Gasteiger charge is 2.70. The second kappa shape index (κ2) is 9.87. The van der Waals surface area contributed by atoms with Crippen molar-refractivity contribution in [2.45, 2.75) is 11.6 Å². The van der Waals surface area contributed by atoms with Gasteiger partial charge in [-0.1, -0.05) is 36.4 Å². The number of nitrogens with zero attached hydrogens (tertiary/aromatic N) is 1. The number of esters is 1. The van der Waals surface area contributed by atoms with Crippen LogP contribution in [0.1, 0.15) is 17.2 Å². The Morgan fingerprint density at radius 1 is 0.900 bits per heavy atom. The van der Waals surface area contributed by atoms with Crippen molar-refractivity contribution < 1.29 is 38.1 Å². The van der Waals surface area contributed by atoms with Gasteiger partial charge in [0.25, 0.3) is 0 Å². The van der Waals surface area contributed by atoms with E-state index in [9.17, 15) is 14.4 Å². The SMILES string of the molecule is COC(=O)[C@]1(c2ccccc2)N[C@H](c2ccc(OC)cc2OC)[C@@H]2C(=O)N(c3ccc4c(c3)OCCO4)C(=O)[C@@H]21. The summed E-state index contributed by atoms with van der Waals surface area (Å²) < 4.78 is 27.7. The fraction of sp³-hybridized carbons (Fsp3) is 0.300. The number of hydrogen-bond donors (Lipinski definition) is 1. The van der Waals surface area contributed by atoms with Crippen LogP contribution in [0.25, 0.3) is 0 Å². The molecule has 3 aromatic rings. The molecule has 3 aliphatic heterocycles. The third kappa shape index (κ3) is 3.70. The second-order valence-corrected chi connectivity index (χ2v) is 9.74. The Bertz CT molecular complexity index is 1490. The number of anilines is 1. The van der Waals surface area contributed by atoms with Gasteiger partial charge in [-0.2, -0.15) is 0 Å². The predicted octanol–water partition coefficient (Wildman–Crippen LogP) is 2.99. The van der Waals surface area contributed by atoms with E-state index in [1.54, 1.807) is 67.8 Å². The van der Waals surface area contributed by atoms with Crippen LogP contribution in [0.3, 0.4) is 0 Å². The predicted molar refractivity (Wildman–Crippen MR) is 142 cm³/mol. The molecule has 6 rings (SSSR count). The number of methoxy groups -OCH3 is 3. The summed E-state index contributed by atoms with van der Waals surface area (Å²) in [7, 11) is 4.32. The zero-order valence-corrected chi connectivity index (χ0v) is 22.2. The monoisotopic (exact) mass is 544 g/mol. The van der Waals surface area contributed by atoms with Gasteiger partial charge >= 0.3 is 5.97 Å². The Kier molecular flexibility index (Phi) is 6.34. The highest BCUT2D eigenvalue weighted by atomic mass is 16.6. The van der Waals surface area contributed by atoms with Crippen LogP contribution in [0, 0.1) is 11.8 Å². The third-order valence-corrected chi connectivity index (χ3v) is 7.86. The lowest BCUT2D eigenvalue weighted by molar-refractivity contribution is -0.152. The molecule has 10 heteroatoms. The number of hydrogen-bond acceptors (Lipinski definition) is 9. The second-order valence-electron chi connectivity index (χ2n) is 9.74. The first kappa shape index (κ1) is 25.7. The summed E-state index contributed by atoms with van der Waals surface area (Å²) in [6.45, 7) is 0.764. The van der Waals surface area contributed by atoms with Gasteiger partial charge < -0.3 is 23.7 Å². The fourth-order valence-corrected chi connectivity index (χ4v) is 6.11. The van der Waals surface area contributed by atoms with Crippen LogP contribution >= 0.6 is 0 Å². The molecule has 0 aromatic heterocycles. The molecule has 206 valence electrons. The summed E-state index contributed by atoms with van der Waals surface area (Å²) in [6.07, 6.45) is 0. The van der Waals surface area contributed by atoms with Gasteiger partial charge in [-0.15, -0.1) is 0 Å². The number of carbonyl (C=O) groups excluding carboxylic acids is 3. The molecule has 2 amide bonds. The summed E-state index contributed by atoms with van der Waals surface area (Å²) in [5, 5.41) is 3.38. The molecule has 0 bridgehead atoms. The van der Waals surface area contributed by atoms with Crippen molar-refractivity contribution >= 4 is 23.5 Å². The molecular formula is C30H28N2O8. The smallest absolute Gasteiger partial charge is 0.331 e. The molecule has 10 nitrogen and oxygen atoms in total. The summed E-state index contributed by atoms with van der Waals surface area (Å²) in [6, 6.07) is 18.2. The first-order chi connectivity index (χ1) is 19.4. The summed E-state index contributed by atoms with van der Waals surface area (Å²) >= 11 is 0. The Balaban J connectivity index is 1.54. The normalized spacial score (nSPS) is 25.0. The highest BCUT2D eigenvalue weighted by molar-refractivity contribution is 6.24. The molecule has 0 radical (unpaired) electrons. The van der Waals surface area contributed by atoms with E-state index in [2.05, 4.69) is 5.32 Å². The lowest BCUT2D eigenvalue weighted by Gasteiger charge is -2.33. The van der Waals surface area contributed by atoms with Crippen molar-refractivity contribution in [1.82, 2.24) is 5.32 Å². The molecule has 3 aromatic carbocycles. The number of carbonyl (C=O) groups is 3. The van der Waals surface area contributed by atoms with E-state index in [4.69, 9.17) is 23.7 Å². The molecule has 4 atom stereocenters. The van der Waals surface area contributed by atoms with Crippen LogP contribution < -0.4 is 29.2 Å². The van der Waals surface area contributed by atoms with Crippen LogP contribution in [-0.4, -0.2) is 52.3 Å². The Morgan fingerprint density at radius 3 is 2.35 bits per heavy atom. The van der Waals surface area contributed by atoms with Gasteiger partial charge in [0.2, 0.25) is 11.8 Å². The minimum atomic E-state index is -1.65. The van der Waals surface area contributed by atoms with Crippen LogP contribution in [0.15, 0.2) is 66.7 Å². The first-order valence-corrected chi connectivity index (χ1v) is 12.9. The standard InChI is InChI=1S/C30H28N2O8/c1-36-19-10-11-20(22(16-19)37-2)26-24-25(30(31-26,29(35)38-3)17-7-5-4-6-8-17)28(34)32(27(24)33)18-9-12-21-23(15-18)40-14-13-39-21/h4-12,15-16,24-26,31H,13-14H2,1-3H3/t24-,25-,26-,30-/m1/s1. The summed E-state index contributed by atoms with van der Waals surface area (Å²) in [5.41, 5.74) is -0.200. The molecule has 3 heterocycles. The minimum Gasteiger partial charge on any atom is -0.497 e. The van der Waals surface area contributed by atoms with E-state index in [1.165, 1.54) is 14.2 Å². The van der Waals surface area contributed by atoms with Crippen LogP contribution in [-0.2, 0) is 24.7 Å². The van der Waals surface area contributed by atoms with Crippen molar-refractivity contribution in [1.29, 1.82) is 0 Å². The van der Waals surface area contributed by atoms with Crippen molar-refractivity contribution in [2.24, 2.45) is 11.8 Å². The zero-order chi connectivity index (χ0) is 28.0. The number of ether oxygens (including phenoxy) is 5. The van der Waals surface area contributed by atoms with Gasteiger partial charge in [0.1, 0.15) is 24.7 Å². The van der Waals surface area contributed by atoms with Crippen molar-refractivity contribution in [3.63, 3.8) is 0 Å². The van der Waals surface area contributed by atoms with E-state index >= 15 is 0 Å². The van der Waals surface area contributed by atoms with E-state index in [0.717, 1.165) is 4.90 Å². The molecule has 0 unspecified atom stereocenters. The molecule has 2 saturated heterocycles. The number of fused-ring (bicyclic) bond motifs is 2. The van der Waals surface area contributed by atoms with Gasteiger partial charge in [0, 0.05) is 23.7 Å². The Labute approximate surface area is 230 Å². The Hall–Kier alpha value is -4.57. The number of amides is 2. The van der Waals surface area contributed by atoms with Crippen LogP contribution in [0.5, 0.6) is 23.0 Å². The maximum Gasteiger partial charge on any atom is 0.331 e. The fourth-order valence-electron chi connectivity index (χ4n) is 6.11. The minimum absolute atomic E-state index is 0.334. The third-order valence-electron chi connectivity index (χ3n) is 7.86. The summed E-state index contributed by atoms with van der Waals surface area (Å²) in [4.78, 5) is 43.5. The number of benzene rings is 3. The van der Waals surface area contributed by atoms with Gasteiger partial charge in [0.05, 0.1) is 38.9 Å².